The maximum absolute atomic E-state index is 13.0. The van der Waals surface area contributed by atoms with Crippen molar-refractivity contribution in [1.82, 2.24) is 4.72 Å². The van der Waals surface area contributed by atoms with Gasteiger partial charge in [0, 0.05) is 11.8 Å². The van der Waals surface area contributed by atoms with Crippen molar-refractivity contribution < 1.29 is 41.6 Å². The summed E-state index contributed by atoms with van der Waals surface area (Å²) in [5.74, 6) is 0.414. The molecule has 2 aromatic rings. The van der Waals surface area contributed by atoms with E-state index < -0.39 is 39.8 Å². The highest BCUT2D eigenvalue weighted by Crippen LogP contribution is 2.55. The molecule has 182 valence electrons. The molecule has 1 saturated heterocycles. The van der Waals surface area contributed by atoms with Crippen LogP contribution in [0, 0.1) is 11.8 Å². The quantitative estimate of drug-likeness (QED) is 0.605. The minimum Gasteiger partial charge on any atom is -0.493 e. The van der Waals surface area contributed by atoms with Crippen LogP contribution in [0.4, 0.5) is 0 Å². The van der Waals surface area contributed by atoms with Crippen molar-refractivity contribution >= 4 is 16.0 Å². The number of ether oxygens (including phenoxy) is 6. The first-order valence-electron chi connectivity index (χ1n) is 10.6. The van der Waals surface area contributed by atoms with E-state index in [2.05, 4.69) is 4.72 Å². The number of fused-ring (bicyclic) bond motifs is 3. The number of hydrogen-bond donors (Lipinski definition) is 1. The first-order valence-corrected chi connectivity index (χ1v) is 12.5. The lowest BCUT2D eigenvalue weighted by Crippen LogP contribution is -2.42. The zero-order valence-corrected chi connectivity index (χ0v) is 19.9. The molecule has 3 aliphatic rings. The Morgan fingerprint density at radius 3 is 2.09 bits per heavy atom. The third-order valence-corrected chi connectivity index (χ3v) is 7.26. The second-order valence-corrected chi connectivity index (χ2v) is 10.2. The van der Waals surface area contributed by atoms with E-state index in [1.54, 1.807) is 18.2 Å². The predicted molar refractivity (Wildman–Crippen MR) is 119 cm³/mol. The Hall–Kier alpha value is -3.18. The van der Waals surface area contributed by atoms with E-state index in [0.29, 0.717) is 34.3 Å². The summed E-state index contributed by atoms with van der Waals surface area (Å²) in [5.41, 5.74) is 2.18. The lowest BCUT2D eigenvalue weighted by atomic mass is 9.65. The number of hydrogen-bond acceptors (Lipinski definition) is 9. The van der Waals surface area contributed by atoms with Gasteiger partial charge in [0.1, 0.15) is 0 Å². The summed E-state index contributed by atoms with van der Waals surface area (Å²) < 4.78 is 60.4. The van der Waals surface area contributed by atoms with Crippen molar-refractivity contribution in [3.63, 3.8) is 0 Å². The molecule has 1 N–H and O–H groups in total. The van der Waals surface area contributed by atoms with Crippen LogP contribution in [0.3, 0.4) is 0 Å². The van der Waals surface area contributed by atoms with E-state index in [9.17, 15) is 13.2 Å². The highest BCUT2D eigenvalue weighted by Gasteiger charge is 2.53. The molecule has 2 heterocycles. The smallest absolute Gasteiger partial charge is 0.310 e. The lowest BCUT2D eigenvalue weighted by Gasteiger charge is -2.39. The van der Waals surface area contributed by atoms with Gasteiger partial charge < -0.3 is 28.4 Å². The van der Waals surface area contributed by atoms with Crippen molar-refractivity contribution in [1.29, 1.82) is 0 Å². The van der Waals surface area contributed by atoms with Crippen LogP contribution in [0.1, 0.15) is 28.7 Å². The number of methoxy groups -OCH3 is 3. The molecule has 0 aromatic heterocycles. The normalized spacial score (nSPS) is 24.8. The van der Waals surface area contributed by atoms with Gasteiger partial charge in [-0.15, -0.1) is 0 Å². The van der Waals surface area contributed by atoms with Gasteiger partial charge in [-0.25, -0.2) is 13.1 Å². The van der Waals surface area contributed by atoms with Crippen LogP contribution in [-0.2, 0) is 19.6 Å². The van der Waals surface area contributed by atoms with Gasteiger partial charge >= 0.3 is 5.97 Å². The first-order chi connectivity index (χ1) is 16.3. The Balaban J connectivity index is 1.76. The molecule has 10 nitrogen and oxygen atoms in total. The molecule has 0 bridgehead atoms. The number of sulfonamides is 1. The molecule has 0 amide bonds. The number of rotatable bonds is 6. The standard InChI is InChI=1S/C23H25NO9S/c1-28-17-5-11(6-18(29-2)22(17)30-3)19-12-7-15-16(33-10-32-15)8-13(12)21(24-34(4,26)27)14-9-31-23(25)20(14)19/h5-8,14,19-21,24H,9-10H2,1-4H3/t14?,19?,20-,21-/m0/s1. The van der Waals surface area contributed by atoms with Gasteiger partial charge in [0.05, 0.1) is 46.2 Å². The summed E-state index contributed by atoms with van der Waals surface area (Å²) in [4.78, 5) is 13.0. The Kier molecular flexibility index (Phi) is 5.48. The second kappa shape index (κ2) is 8.24. The Morgan fingerprint density at radius 1 is 0.912 bits per heavy atom. The van der Waals surface area contributed by atoms with Crippen molar-refractivity contribution in [2.24, 2.45) is 11.8 Å². The van der Waals surface area contributed by atoms with Crippen molar-refractivity contribution in [3.8, 4) is 28.7 Å². The number of esters is 1. The fourth-order valence-electron chi connectivity index (χ4n) is 5.23. The Morgan fingerprint density at radius 2 is 1.53 bits per heavy atom. The third-order valence-electron chi connectivity index (χ3n) is 6.57. The summed E-state index contributed by atoms with van der Waals surface area (Å²) in [6.07, 6.45) is 1.09. The molecule has 11 heteroatoms. The van der Waals surface area contributed by atoms with Crippen molar-refractivity contribution in [2.45, 2.75) is 12.0 Å². The molecular formula is C23H25NO9S. The van der Waals surface area contributed by atoms with Gasteiger partial charge in [0.15, 0.2) is 23.0 Å². The Bertz CT molecular complexity index is 1230. The molecular weight excluding hydrogens is 466 g/mol. The largest absolute Gasteiger partial charge is 0.493 e. The van der Waals surface area contributed by atoms with Gasteiger partial charge in [-0.3, -0.25) is 4.79 Å². The summed E-state index contributed by atoms with van der Waals surface area (Å²) in [6, 6.07) is 6.52. The minimum atomic E-state index is -3.59. The number of carbonyl (C=O) groups is 1. The van der Waals surface area contributed by atoms with Gasteiger partial charge in [-0.1, -0.05) is 0 Å². The van der Waals surface area contributed by atoms with Gasteiger partial charge in [0.25, 0.3) is 0 Å². The fourth-order valence-corrected chi connectivity index (χ4v) is 5.99. The molecule has 0 radical (unpaired) electrons. The maximum atomic E-state index is 13.0. The fraction of sp³-hybridized carbons (Fsp3) is 0.435. The lowest BCUT2D eigenvalue weighted by molar-refractivity contribution is -0.141. The number of nitrogens with one attached hydrogen (secondary N) is 1. The number of cyclic esters (lactones) is 1. The molecule has 0 saturated carbocycles. The molecule has 1 aliphatic carbocycles. The van der Waals surface area contributed by atoms with E-state index >= 15 is 0 Å². The van der Waals surface area contributed by atoms with Crippen LogP contribution in [0.25, 0.3) is 0 Å². The van der Waals surface area contributed by atoms with E-state index in [4.69, 9.17) is 28.4 Å². The molecule has 34 heavy (non-hydrogen) atoms. The summed E-state index contributed by atoms with van der Waals surface area (Å²) in [5, 5.41) is 0. The minimum absolute atomic E-state index is 0.0617. The summed E-state index contributed by atoms with van der Waals surface area (Å²) in [6.45, 7) is 0.150. The molecule has 2 aromatic carbocycles. The molecule has 4 atom stereocenters. The molecule has 2 unspecified atom stereocenters. The van der Waals surface area contributed by atoms with Crippen LogP contribution < -0.4 is 28.4 Å². The van der Waals surface area contributed by atoms with Gasteiger partial charge in [0.2, 0.25) is 22.6 Å². The first kappa shape index (κ1) is 22.6. The maximum Gasteiger partial charge on any atom is 0.310 e. The zero-order chi connectivity index (χ0) is 24.2. The topological polar surface area (TPSA) is 119 Å². The predicted octanol–water partition coefficient (Wildman–Crippen LogP) is 1.97. The van der Waals surface area contributed by atoms with Crippen LogP contribution in [0.2, 0.25) is 0 Å². The second-order valence-electron chi connectivity index (χ2n) is 8.46. The Labute approximate surface area is 197 Å². The van der Waals surface area contributed by atoms with Crippen molar-refractivity contribution in [2.75, 3.05) is 41.0 Å². The van der Waals surface area contributed by atoms with Gasteiger partial charge in [-0.05, 0) is 41.0 Å². The number of benzene rings is 2. The van der Waals surface area contributed by atoms with E-state index in [1.807, 2.05) is 6.07 Å². The zero-order valence-electron chi connectivity index (χ0n) is 19.1. The van der Waals surface area contributed by atoms with Crippen LogP contribution in [-0.4, -0.2) is 55.4 Å². The number of carbonyl (C=O) groups excluding carboxylic acids is 1. The molecule has 2 aliphatic heterocycles. The van der Waals surface area contributed by atoms with E-state index in [0.717, 1.165) is 17.4 Å². The molecule has 5 rings (SSSR count). The van der Waals surface area contributed by atoms with Gasteiger partial charge in [-0.2, -0.15) is 0 Å². The average Bonchev–Trinajstić information content (AvgIpc) is 3.42. The SMILES string of the molecule is COc1cc(C2c3cc4c(cc3[C@H](NS(C)(=O)=O)C3COC(=O)[C@H]23)OCO4)cc(OC)c1OC. The third kappa shape index (κ3) is 3.59. The summed E-state index contributed by atoms with van der Waals surface area (Å²) in [7, 11) is 0.963. The molecule has 1 fully saturated rings. The molecule has 0 spiro atoms. The van der Waals surface area contributed by atoms with Crippen LogP contribution in [0.15, 0.2) is 24.3 Å². The van der Waals surface area contributed by atoms with E-state index in [1.165, 1.54) is 21.3 Å². The van der Waals surface area contributed by atoms with Crippen molar-refractivity contribution in [3.05, 3.63) is 41.0 Å². The summed E-state index contributed by atoms with van der Waals surface area (Å²) >= 11 is 0. The highest BCUT2D eigenvalue weighted by atomic mass is 32.2. The van der Waals surface area contributed by atoms with Crippen LogP contribution in [0.5, 0.6) is 28.7 Å². The monoisotopic (exact) mass is 491 g/mol. The highest BCUT2D eigenvalue weighted by molar-refractivity contribution is 7.88. The van der Waals surface area contributed by atoms with Crippen LogP contribution >= 0.6 is 0 Å². The average molecular weight is 492 g/mol. The van der Waals surface area contributed by atoms with E-state index in [-0.39, 0.29) is 13.4 Å².